The molecule has 0 aliphatic carbocycles. The monoisotopic (exact) mass is 222 g/mol. The fourth-order valence-electron chi connectivity index (χ4n) is 1.12. The number of phenolic OH excluding ortho intramolecular Hbond substituents is 1. The van der Waals surface area contributed by atoms with E-state index in [4.69, 9.17) is 0 Å². The highest BCUT2D eigenvalue weighted by molar-refractivity contribution is 7.98. The van der Waals surface area contributed by atoms with Crippen molar-refractivity contribution in [3.05, 3.63) is 46.7 Å². The molecule has 0 radical (unpaired) electrons. The summed E-state index contributed by atoms with van der Waals surface area (Å²) < 4.78 is 0. The summed E-state index contributed by atoms with van der Waals surface area (Å²) in [5.74, 6) is 1.31. The molecule has 0 fully saturated rings. The molecule has 14 heavy (non-hydrogen) atoms. The Hall–Kier alpha value is -0.930. The minimum atomic E-state index is 0.334. The molecule has 1 nitrogen and oxygen atoms in total. The van der Waals surface area contributed by atoms with Crippen LogP contribution in [0.4, 0.5) is 0 Å². The largest absolute Gasteiger partial charge is 0.508 e. The first kappa shape index (κ1) is 9.62. The highest BCUT2D eigenvalue weighted by Crippen LogP contribution is 2.26. The third-order valence-electron chi connectivity index (χ3n) is 1.78. The smallest absolute Gasteiger partial charge is 0.116 e. The number of hydrogen-bond acceptors (Lipinski definition) is 3. The van der Waals surface area contributed by atoms with E-state index in [-0.39, 0.29) is 0 Å². The van der Waals surface area contributed by atoms with Gasteiger partial charge in [0.2, 0.25) is 0 Å². The van der Waals surface area contributed by atoms with E-state index in [9.17, 15) is 5.11 Å². The van der Waals surface area contributed by atoms with Gasteiger partial charge in [-0.3, -0.25) is 0 Å². The lowest BCUT2D eigenvalue weighted by Gasteiger charge is -1.99. The van der Waals surface area contributed by atoms with Gasteiger partial charge in [-0.25, -0.2) is 0 Å². The predicted molar refractivity (Wildman–Crippen MR) is 62.0 cm³/mol. The fraction of sp³-hybridized carbons (Fsp3) is 0.0909. The van der Waals surface area contributed by atoms with Crippen molar-refractivity contribution in [1.29, 1.82) is 0 Å². The van der Waals surface area contributed by atoms with Crippen LogP contribution in [0.25, 0.3) is 0 Å². The molecule has 0 aliphatic heterocycles. The normalized spacial score (nSPS) is 10.3. The molecular weight excluding hydrogens is 212 g/mol. The SMILES string of the molecule is Oc1cccc(SCc2cccs2)c1. The molecule has 0 saturated carbocycles. The summed E-state index contributed by atoms with van der Waals surface area (Å²) in [4.78, 5) is 2.47. The summed E-state index contributed by atoms with van der Waals surface area (Å²) in [7, 11) is 0. The molecule has 1 aromatic heterocycles. The highest BCUT2D eigenvalue weighted by Gasteiger charge is 1.97. The molecule has 3 heteroatoms. The molecule has 0 bridgehead atoms. The van der Waals surface area contributed by atoms with Gasteiger partial charge in [0.25, 0.3) is 0 Å². The van der Waals surface area contributed by atoms with Crippen LogP contribution in [0, 0.1) is 0 Å². The second-order valence-corrected chi connectivity index (χ2v) is 4.95. The van der Waals surface area contributed by atoms with Gasteiger partial charge >= 0.3 is 0 Å². The van der Waals surface area contributed by atoms with Gasteiger partial charge in [-0.05, 0) is 29.6 Å². The number of thiophene rings is 1. The summed E-state index contributed by atoms with van der Waals surface area (Å²) in [5.41, 5.74) is 0. The van der Waals surface area contributed by atoms with Gasteiger partial charge in [0.1, 0.15) is 5.75 Å². The average molecular weight is 222 g/mol. The Morgan fingerprint density at radius 1 is 1.21 bits per heavy atom. The van der Waals surface area contributed by atoms with Crippen molar-refractivity contribution in [2.45, 2.75) is 10.6 Å². The number of benzene rings is 1. The molecule has 1 heterocycles. The Morgan fingerprint density at radius 2 is 2.14 bits per heavy atom. The van der Waals surface area contributed by atoms with Crippen LogP contribution in [-0.2, 0) is 5.75 Å². The van der Waals surface area contributed by atoms with Gasteiger partial charge < -0.3 is 5.11 Å². The fourth-order valence-corrected chi connectivity index (χ4v) is 2.84. The van der Waals surface area contributed by atoms with Crippen LogP contribution in [0.3, 0.4) is 0 Å². The number of hydrogen-bond donors (Lipinski definition) is 1. The first-order chi connectivity index (χ1) is 6.84. The maximum Gasteiger partial charge on any atom is 0.116 e. The molecule has 0 saturated heterocycles. The average Bonchev–Trinajstić information content (AvgIpc) is 2.67. The lowest BCUT2D eigenvalue weighted by Crippen LogP contribution is -1.74. The minimum Gasteiger partial charge on any atom is -0.508 e. The van der Waals surface area contributed by atoms with Crippen LogP contribution in [0.5, 0.6) is 5.75 Å². The van der Waals surface area contributed by atoms with E-state index < -0.39 is 0 Å². The third-order valence-corrected chi connectivity index (χ3v) is 3.88. The lowest BCUT2D eigenvalue weighted by atomic mass is 10.3. The van der Waals surface area contributed by atoms with Gasteiger partial charge in [0.05, 0.1) is 0 Å². The van der Waals surface area contributed by atoms with E-state index in [1.165, 1.54) is 4.88 Å². The van der Waals surface area contributed by atoms with Gasteiger partial charge in [-0.15, -0.1) is 23.1 Å². The summed E-state index contributed by atoms with van der Waals surface area (Å²) in [6.45, 7) is 0. The molecule has 0 atom stereocenters. The van der Waals surface area contributed by atoms with E-state index >= 15 is 0 Å². The molecule has 1 N–H and O–H groups in total. The van der Waals surface area contributed by atoms with Crippen molar-refractivity contribution in [2.24, 2.45) is 0 Å². The van der Waals surface area contributed by atoms with Crippen LogP contribution in [-0.4, -0.2) is 5.11 Å². The second-order valence-electron chi connectivity index (χ2n) is 2.87. The van der Waals surface area contributed by atoms with E-state index in [1.807, 2.05) is 12.1 Å². The van der Waals surface area contributed by atoms with E-state index in [0.717, 1.165) is 10.6 Å². The lowest BCUT2D eigenvalue weighted by molar-refractivity contribution is 0.474. The molecule has 1 aromatic carbocycles. The van der Waals surface area contributed by atoms with Gasteiger partial charge in [-0.2, -0.15) is 0 Å². The third kappa shape index (κ3) is 2.53. The number of aromatic hydroxyl groups is 1. The van der Waals surface area contributed by atoms with Crippen LogP contribution in [0.2, 0.25) is 0 Å². The van der Waals surface area contributed by atoms with Gasteiger partial charge in [0, 0.05) is 15.5 Å². The predicted octanol–water partition coefficient (Wildman–Crippen LogP) is 3.75. The maximum absolute atomic E-state index is 9.26. The van der Waals surface area contributed by atoms with Gasteiger partial charge in [-0.1, -0.05) is 12.1 Å². The molecule has 0 spiro atoms. The first-order valence-corrected chi connectivity index (χ1v) is 6.15. The minimum absolute atomic E-state index is 0.334. The summed E-state index contributed by atoms with van der Waals surface area (Å²) in [5, 5.41) is 11.3. The van der Waals surface area contributed by atoms with E-state index in [1.54, 1.807) is 35.2 Å². The Bertz CT molecular complexity index is 395. The van der Waals surface area contributed by atoms with Crippen LogP contribution < -0.4 is 0 Å². The topological polar surface area (TPSA) is 20.2 Å². The van der Waals surface area contributed by atoms with Crippen molar-refractivity contribution >= 4 is 23.1 Å². The first-order valence-electron chi connectivity index (χ1n) is 4.29. The number of rotatable bonds is 3. The Balaban J connectivity index is 1.98. The Labute approximate surface area is 91.4 Å². The van der Waals surface area contributed by atoms with Crippen molar-refractivity contribution in [3.8, 4) is 5.75 Å². The molecule has 0 amide bonds. The molecule has 72 valence electrons. The van der Waals surface area contributed by atoms with Crippen LogP contribution in [0.15, 0.2) is 46.7 Å². The quantitative estimate of drug-likeness (QED) is 0.798. The second kappa shape index (κ2) is 4.53. The summed E-state index contributed by atoms with van der Waals surface area (Å²) in [6, 6.07) is 11.5. The van der Waals surface area contributed by atoms with Crippen LogP contribution in [0.1, 0.15) is 4.88 Å². The standard InChI is InChI=1S/C11H10OS2/c12-9-3-1-4-10(7-9)14-8-11-5-2-6-13-11/h1-7,12H,8H2. The zero-order valence-electron chi connectivity index (χ0n) is 7.51. The summed E-state index contributed by atoms with van der Waals surface area (Å²) in [6.07, 6.45) is 0. The number of thioether (sulfide) groups is 1. The molecule has 2 aromatic rings. The molecular formula is C11H10OS2. The number of phenols is 1. The maximum atomic E-state index is 9.26. The Kier molecular flexibility index (Phi) is 3.11. The molecule has 2 rings (SSSR count). The zero-order chi connectivity index (χ0) is 9.80. The molecule has 0 aliphatic rings. The van der Waals surface area contributed by atoms with Crippen LogP contribution >= 0.6 is 23.1 Å². The van der Waals surface area contributed by atoms with Crippen molar-refractivity contribution in [2.75, 3.05) is 0 Å². The van der Waals surface area contributed by atoms with Crippen molar-refractivity contribution in [3.63, 3.8) is 0 Å². The van der Waals surface area contributed by atoms with Crippen molar-refractivity contribution in [1.82, 2.24) is 0 Å². The Morgan fingerprint density at radius 3 is 2.86 bits per heavy atom. The zero-order valence-corrected chi connectivity index (χ0v) is 9.15. The van der Waals surface area contributed by atoms with Gasteiger partial charge in [0.15, 0.2) is 0 Å². The van der Waals surface area contributed by atoms with E-state index in [0.29, 0.717) is 5.75 Å². The van der Waals surface area contributed by atoms with E-state index in [2.05, 4.69) is 17.5 Å². The highest BCUT2D eigenvalue weighted by atomic mass is 32.2. The molecule has 0 unspecified atom stereocenters. The summed E-state index contributed by atoms with van der Waals surface area (Å²) >= 11 is 3.51. The van der Waals surface area contributed by atoms with Crippen molar-refractivity contribution < 1.29 is 5.11 Å².